The first-order valence-electron chi connectivity index (χ1n) is 7.00. The van der Waals surface area contributed by atoms with Crippen molar-refractivity contribution in [3.63, 3.8) is 0 Å². The zero-order valence-corrected chi connectivity index (χ0v) is 13.2. The number of halogens is 1. The minimum absolute atomic E-state index is 0. The fourth-order valence-corrected chi connectivity index (χ4v) is 2.91. The van der Waals surface area contributed by atoms with Crippen molar-refractivity contribution in [1.29, 1.82) is 0 Å². The van der Waals surface area contributed by atoms with Crippen molar-refractivity contribution in [2.24, 2.45) is 11.1 Å². The molecule has 3 N–H and O–H groups in total. The van der Waals surface area contributed by atoms with E-state index in [2.05, 4.69) is 28.8 Å². The summed E-state index contributed by atoms with van der Waals surface area (Å²) in [5.41, 5.74) is 7.68. The highest BCUT2D eigenvalue weighted by Gasteiger charge is 2.33. The highest BCUT2D eigenvalue weighted by atomic mass is 35.5. The predicted molar refractivity (Wildman–Crippen MR) is 84.7 cm³/mol. The highest BCUT2D eigenvalue weighted by molar-refractivity contribution is 5.85. The lowest BCUT2D eigenvalue weighted by molar-refractivity contribution is 0.0889. The summed E-state index contributed by atoms with van der Waals surface area (Å²) in [7, 11) is 0. The summed E-state index contributed by atoms with van der Waals surface area (Å²) in [6, 6.07) is 3.65. The number of nitrogens with two attached hydrogens (primary N) is 1. The van der Waals surface area contributed by atoms with Gasteiger partial charge in [0.05, 0.1) is 5.69 Å². The monoisotopic (exact) mass is 311 g/mol. The molecule has 116 valence electrons. The summed E-state index contributed by atoms with van der Waals surface area (Å²) in [4.78, 5) is 18.8. The van der Waals surface area contributed by atoms with Crippen LogP contribution < -0.4 is 11.3 Å². The molecule has 2 aromatic rings. The van der Waals surface area contributed by atoms with Crippen molar-refractivity contribution in [3.8, 4) is 0 Å². The Kier molecular flexibility index (Phi) is 4.41. The van der Waals surface area contributed by atoms with Crippen LogP contribution in [0.5, 0.6) is 0 Å². The maximum atomic E-state index is 11.9. The third-order valence-electron chi connectivity index (χ3n) is 4.21. The average molecular weight is 312 g/mol. The smallest absolute Gasteiger partial charge is 0.272 e. The molecule has 1 saturated heterocycles. The van der Waals surface area contributed by atoms with Gasteiger partial charge in [0, 0.05) is 44.0 Å². The van der Waals surface area contributed by atoms with Gasteiger partial charge in [0.2, 0.25) is 0 Å². The Labute approximate surface area is 129 Å². The Morgan fingerprint density at radius 2 is 2.29 bits per heavy atom. The van der Waals surface area contributed by atoms with Crippen LogP contribution in [0.1, 0.15) is 26.0 Å². The summed E-state index contributed by atoms with van der Waals surface area (Å²) in [5, 5.41) is 2.85. The van der Waals surface area contributed by atoms with Crippen molar-refractivity contribution in [1.82, 2.24) is 19.5 Å². The van der Waals surface area contributed by atoms with Gasteiger partial charge in [0.25, 0.3) is 5.56 Å². The summed E-state index contributed by atoms with van der Waals surface area (Å²) in [6.07, 6.45) is 2.70. The summed E-state index contributed by atoms with van der Waals surface area (Å²) in [5.74, 6) is 0. The molecule has 2 aromatic heterocycles. The highest BCUT2D eigenvalue weighted by Crippen LogP contribution is 2.28. The normalized spacial score (nSPS) is 22.1. The van der Waals surface area contributed by atoms with Crippen LogP contribution in [-0.4, -0.2) is 38.6 Å². The first kappa shape index (κ1) is 16.0. The Hall–Kier alpha value is -1.37. The van der Waals surface area contributed by atoms with Crippen LogP contribution in [0.2, 0.25) is 0 Å². The lowest BCUT2D eigenvalue weighted by Crippen LogP contribution is -2.52. The standard InChI is InChI=1S/C14H21N5O.ClH/c1-14(2)9-18(6-4-11(14)15)8-10-7-13(20)19-12(17-10)3-5-16-19;/h3,5,7,11,16H,4,6,8-9,15H2,1-2H3;1H. The average Bonchev–Trinajstić information content (AvgIpc) is 2.82. The van der Waals surface area contributed by atoms with Gasteiger partial charge in [-0.05, 0) is 11.8 Å². The SMILES string of the molecule is CC1(C)CN(Cc2cc(=O)n3[nH]ccc3n2)CCC1N.Cl. The molecule has 0 aromatic carbocycles. The third kappa shape index (κ3) is 3.12. The van der Waals surface area contributed by atoms with Gasteiger partial charge in [-0.2, -0.15) is 0 Å². The molecular weight excluding hydrogens is 290 g/mol. The van der Waals surface area contributed by atoms with Gasteiger partial charge in [-0.3, -0.25) is 14.8 Å². The molecule has 0 amide bonds. The number of rotatable bonds is 2. The predicted octanol–water partition coefficient (Wildman–Crippen LogP) is 1.00. The number of hydrogen-bond acceptors (Lipinski definition) is 4. The van der Waals surface area contributed by atoms with E-state index in [4.69, 9.17) is 5.73 Å². The van der Waals surface area contributed by atoms with E-state index >= 15 is 0 Å². The lowest BCUT2D eigenvalue weighted by Gasteiger charge is -2.42. The number of nitrogens with zero attached hydrogens (tertiary/aromatic N) is 3. The molecule has 1 atom stereocenters. The number of nitrogens with one attached hydrogen (secondary N) is 1. The van der Waals surface area contributed by atoms with Crippen molar-refractivity contribution >= 4 is 18.1 Å². The van der Waals surface area contributed by atoms with E-state index in [-0.39, 0.29) is 29.4 Å². The first-order valence-corrected chi connectivity index (χ1v) is 7.00. The van der Waals surface area contributed by atoms with Crippen LogP contribution in [0.3, 0.4) is 0 Å². The van der Waals surface area contributed by atoms with Crippen molar-refractivity contribution in [3.05, 3.63) is 34.4 Å². The molecule has 6 nitrogen and oxygen atoms in total. The number of aromatic amines is 1. The van der Waals surface area contributed by atoms with Crippen LogP contribution in [0.15, 0.2) is 23.1 Å². The van der Waals surface area contributed by atoms with Crippen LogP contribution in [-0.2, 0) is 6.54 Å². The molecule has 1 unspecified atom stereocenters. The Balaban J connectivity index is 0.00000161. The van der Waals surface area contributed by atoms with Crippen molar-refractivity contribution in [2.75, 3.05) is 13.1 Å². The molecule has 3 rings (SSSR count). The quantitative estimate of drug-likeness (QED) is 0.867. The van der Waals surface area contributed by atoms with Crippen LogP contribution in [0.4, 0.5) is 0 Å². The van der Waals surface area contributed by atoms with E-state index in [1.165, 1.54) is 4.52 Å². The van der Waals surface area contributed by atoms with Gasteiger partial charge in [-0.25, -0.2) is 9.50 Å². The molecule has 0 spiro atoms. The number of likely N-dealkylation sites (tertiary alicyclic amines) is 1. The maximum absolute atomic E-state index is 11.9. The van der Waals surface area contributed by atoms with E-state index < -0.39 is 0 Å². The minimum atomic E-state index is -0.0667. The Bertz CT molecular complexity index is 677. The molecule has 0 saturated carbocycles. The van der Waals surface area contributed by atoms with Gasteiger partial charge in [-0.1, -0.05) is 13.8 Å². The molecule has 1 fully saturated rings. The topological polar surface area (TPSA) is 79.4 Å². The number of aromatic nitrogens is 3. The van der Waals surface area contributed by atoms with Gasteiger partial charge in [-0.15, -0.1) is 12.4 Å². The summed E-state index contributed by atoms with van der Waals surface area (Å²) < 4.78 is 1.44. The van der Waals surface area contributed by atoms with E-state index in [9.17, 15) is 4.79 Å². The molecule has 1 aliphatic rings. The number of H-pyrrole nitrogens is 1. The van der Waals surface area contributed by atoms with Crippen LogP contribution >= 0.6 is 12.4 Å². The maximum Gasteiger partial charge on any atom is 0.272 e. The molecular formula is C14H22ClN5O. The second kappa shape index (κ2) is 5.79. The number of fused-ring (bicyclic) bond motifs is 1. The van der Waals surface area contributed by atoms with Gasteiger partial charge < -0.3 is 5.73 Å². The van der Waals surface area contributed by atoms with E-state index in [0.29, 0.717) is 12.2 Å². The zero-order valence-electron chi connectivity index (χ0n) is 12.4. The zero-order chi connectivity index (χ0) is 14.3. The molecule has 7 heteroatoms. The second-order valence-corrected chi connectivity index (χ2v) is 6.34. The first-order chi connectivity index (χ1) is 9.45. The van der Waals surface area contributed by atoms with Gasteiger partial charge in [0.15, 0.2) is 5.65 Å². The minimum Gasteiger partial charge on any atom is -0.327 e. The molecule has 3 heterocycles. The number of piperidine rings is 1. The summed E-state index contributed by atoms with van der Waals surface area (Å²) in [6.45, 7) is 6.98. The largest absolute Gasteiger partial charge is 0.327 e. The van der Waals surface area contributed by atoms with Gasteiger partial charge >= 0.3 is 0 Å². The van der Waals surface area contributed by atoms with Gasteiger partial charge in [0.1, 0.15) is 0 Å². The second-order valence-electron chi connectivity index (χ2n) is 6.34. The molecule has 0 bridgehead atoms. The van der Waals surface area contributed by atoms with Crippen molar-refractivity contribution < 1.29 is 0 Å². The lowest BCUT2D eigenvalue weighted by atomic mass is 9.80. The summed E-state index contributed by atoms with van der Waals surface area (Å²) >= 11 is 0. The van der Waals surface area contributed by atoms with E-state index in [1.807, 2.05) is 0 Å². The third-order valence-corrected chi connectivity index (χ3v) is 4.21. The van der Waals surface area contributed by atoms with E-state index in [1.54, 1.807) is 18.3 Å². The molecule has 0 aliphatic carbocycles. The Morgan fingerprint density at radius 3 is 3.00 bits per heavy atom. The van der Waals surface area contributed by atoms with Crippen molar-refractivity contribution in [2.45, 2.75) is 32.9 Å². The van der Waals surface area contributed by atoms with Crippen LogP contribution in [0.25, 0.3) is 5.65 Å². The van der Waals surface area contributed by atoms with E-state index in [0.717, 1.165) is 25.2 Å². The number of hydrogen-bond donors (Lipinski definition) is 2. The fourth-order valence-electron chi connectivity index (χ4n) is 2.91. The Morgan fingerprint density at radius 1 is 1.52 bits per heavy atom. The van der Waals surface area contributed by atoms with Crippen LogP contribution in [0, 0.1) is 5.41 Å². The molecule has 0 radical (unpaired) electrons. The molecule has 1 aliphatic heterocycles. The fraction of sp³-hybridized carbons (Fsp3) is 0.571. The molecule has 21 heavy (non-hydrogen) atoms.